The lowest BCUT2D eigenvalue weighted by Gasteiger charge is -2.39. The second-order valence-electron chi connectivity index (χ2n) is 8.10. The van der Waals surface area contributed by atoms with Gasteiger partial charge in [0.2, 0.25) is 0 Å². The summed E-state index contributed by atoms with van der Waals surface area (Å²) in [4.78, 5) is 2.28. The lowest BCUT2D eigenvalue weighted by Crippen LogP contribution is -2.44. The predicted octanol–water partition coefficient (Wildman–Crippen LogP) is 3.50. The van der Waals surface area contributed by atoms with E-state index >= 15 is 0 Å². The SMILES string of the molecule is Cc1cccc(C2(O)CCN(C[C@H](O)c3ccc4c(c3)CCC4)CC2)c1. The molecule has 0 bridgehead atoms. The molecule has 26 heavy (non-hydrogen) atoms. The van der Waals surface area contributed by atoms with Crippen LogP contribution in [0.2, 0.25) is 0 Å². The number of fused-ring (bicyclic) bond motifs is 1. The van der Waals surface area contributed by atoms with Gasteiger partial charge in [-0.15, -0.1) is 0 Å². The summed E-state index contributed by atoms with van der Waals surface area (Å²) in [6, 6.07) is 14.7. The van der Waals surface area contributed by atoms with Gasteiger partial charge in [0.15, 0.2) is 0 Å². The van der Waals surface area contributed by atoms with Crippen molar-refractivity contribution < 1.29 is 10.2 Å². The molecule has 1 saturated heterocycles. The van der Waals surface area contributed by atoms with Crippen LogP contribution in [0.3, 0.4) is 0 Å². The highest BCUT2D eigenvalue weighted by atomic mass is 16.3. The van der Waals surface area contributed by atoms with E-state index in [1.54, 1.807) is 0 Å². The summed E-state index contributed by atoms with van der Waals surface area (Å²) in [5.74, 6) is 0. The van der Waals surface area contributed by atoms with Gasteiger partial charge in [-0.2, -0.15) is 0 Å². The first-order valence-electron chi connectivity index (χ1n) is 9.85. The molecule has 3 heteroatoms. The number of aryl methyl sites for hydroxylation is 3. The number of rotatable bonds is 4. The van der Waals surface area contributed by atoms with E-state index in [4.69, 9.17) is 0 Å². The number of aliphatic hydroxyl groups is 2. The van der Waals surface area contributed by atoms with Crippen LogP contribution in [0.4, 0.5) is 0 Å². The van der Waals surface area contributed by atoms with Crippen molar-refractivity contribution in [1.82, 2.24) is 4.90 Å². The van der Waals surface area contributed by atoms with E-state index < -0.39 is 11.7 Å². The molecule has 2 N–H and O–H groups in total. The van der Waals surface area contributed by atoms with Crippen LogP contribution in [0.25, 0.3) is 0 Å². The van der Waals surface area contributed by atoms with E-state index in [9.17, 15) is 10.2 Å². The summed E-state index contributed by atoms with van der Waals surface area (Å²) in [7, 11) is 0. The molecule has 0 amide bonds. The lowest BCUT2D eigenvalue weighted by atomic mass is 9.83. The van der Waals surface area contributed by atoms with Crippen molar-refractivity contribution in [2.24, 2.45) is 0 Å². The van der Waals surface area contributed by atoms with Crippen molar-refractivity contribution in [3.63, 3.8) is 0 Å². The molecule has 0 radical (unpaired) electrons. The number of aliphatic hydroxyl groups excluding tert-OH is 1. The second kappa shape index (κ2) is 7.15. The summed E-state index contributed by atoms with van der Waals surface area (Å²) in [5.41, 5.74) is 5.36. The Labute approximate surface area is 156 Å². The fourth-order valence-corrected chi connectivity index (χ4v) is 4.48. The van der Waals surface area contributed by atoms with Gasteiger partial charge < -0.3 is 15.1 Å². The van der Waals surface area contributed by atoms with Crippen LogP contribution in [-0.2, 0) is 18.4 Å². The van der Waals surface area contributed by atoms with Crippen LogP contribution >= 0.6 is 0 Å². The van der Waals surface area contributed by atoms with Crippen molar-refractivity contribution >= 4 is 0 Å². The monoisotopic (exact) mass is 351 g/mol. The first kappa shape index (κ1) is 17.7. The van der Waals surface area contributed by atoms with Crippen molar-refractivity contribution in [2.45, 2.75) is 50.7 Å². The maximum absolute atomic E-state index is 11.1. The van der Waals surface area contributed by atoms with Gasteiger partial charge in [0, 0.05) is 19.6 Å². The van der Waals surface area contributed by atoms with Gasteiger partial charge in [0.05, 0.1) is 11.7 Å². The quantitative estimate of drug-likeness (QED) is 0.886. The van der Waals surface area contributed by atoms with Gasteiger partial charge in [-0.25, -0.2) is 0 Å². The molecule has 3 nitrogen and oxygen atoms in total. The highest BCUT2D eigenvalue weighted by Gasteiger charge is 2.34. The van der Waals surface area contributed by atoms with Gasteiger partial charge in [-0.1, -0.05) is 48.0 Å². The van der Waals surface area contributed by atoms with Gasteiger partial charge in [-0.05, 0) is 61.3 Å². The summed E-state index contributed by atoms with van der Waals surface area (Å²) in [6.45, 7) is 4.33. The Hall–Kier alpha value is -1.68. The summed E-state index contributed by atoms with van der Waals surface area (Å²) >= 11 is 0. The molecule has 0 saturated carbocycles. The molecular weight excluding hydrogens is 322 g/mol. The van der Waals surface area contributed by atoms with Crippen molar-refractivity contribution in [3.05, 3.63) is 70.3 Å². The van der Waals surface area contributed by atoms with Gasteiger partial charge in [-0.3, -0.25) is 0 Å². The number of β-amino-alcohol motifs (C(OH)–C–C–N with tert-alkyl or cyclic N) is 1. The molecule has 2 aromatic rings. The van der Waals surface area contributed by atoms with E-state index in [1.165, 1.54) is 29.5 Å². The van der Waals surface area contributed by atoms with Crippen LogP contribution in [0.1, 0.15) is 53.2 Å². The van der Waals surface area contributed by atoms with Crippen molar-refractivity contribution in [3.8, 4) is 0 Å². The molecule has 138 valence electrons. The molecule has 1 fully saturated rings. The molecule has 0 spiro atoms. The largest absolute Gasteiger partial charge is 0.387 e. The molecule has 1 heterocycles. The normalized spacial score (nSPS) is 20.7. The van der Waals surface area contributed by atoms with Crippen LogP contribution in [0.5, 0.6) is 0 Å². The number of piperidine rings is 1. The Kier molecular flexibility index (Phi) is 4.87. The fraction of sp³-hybridized carbons (Fsp3) is 0.478. The minimum Gasteiger partial charge on any atom is -0.387 e. The molecule has 1 aliphatic heterocycles. The third kappa shape index (κ3) is 3.57. The fourth-order valence-electron chi connectivity index (χ4n) is 4.48. The van der Waals surface area contributed by atoms with Gasteiger partial charge in [0.1, 0.15) is 0 Å². The zero-order chi connectivity index (χ0) is 18.1. The third-order valence-corrected chi connectivity index (χ3v) is 6.18. The number of nitrogens with zero attached hydrogens (tertiary/aromatic N) is 1. The first-order valence-corrected chi connectivity index (χ1v) is 9.85. The Bertz CT molecular complexity index is 778. The maximum Gasteiger partial charge on any atom is 0.0921 e. The average molecular weight is 351 g/mol. The summed E-state index contributed by atoms with van der Waals surface area (Å²) < 4.78 is 0. The summed E-state index contributed by atoms with van der Waals surface area (Å²) in [6.07, 6.45) is 4.53. The van der Waals surface area contributed by atoms with E-state index in [1.807, 2.05) is 12.1 Å². The average Bonchev–Trinajstić information content (AvgIpc) is 3.11. The Morgan fingerprint density at radius 2 is 1.81 bits per heavy atom. The highest BCUT2D eigenvalue weighted by molar-refractivity contribution is 5.36. The first-order chi connectivity index (χ1) is 12.5. The third-order valence-electron chi connectivity index (χ3n) is 6.18. The molecule has 0 unspecified atom stereocenters. The standard InChI is InChI=1S/C23H29NO2/c1-17-4-2-7-21(14-17)23(26)10-12-24(13-11-23)16-22(25)20-9-8-18-5-3-6-19(18)15-20/h2,4,7-9,14-15,22,25-26H,3,5-6,10-13,16H2,1H3/t22-/m0/s1. The molecule has 2 aliphatic rings. The number of hydrogen-bond acceptors (Lipinski definition) is 3. The van der Waals surface area contributed by atoms with Gasteiger partial charge in [0.25, 0.3) is 0 Å². The number of hydrogen-bond donors (Lipinski definition) is 2. The zero-order valence-corrected chi connectivity index (χ0v) is 15.6. The molecule has 2 aromatic carbocycles. The zero-order valence-electron chi connectivity index (χ0n) is 15.6. The molecule has 1 atom stereocenters. The van der Waals surface area contributed by atoms with Gasteiger partial charge >= 0.3 is 0 Å². The Balaban J connectivity index is 1.37. The number of benzene rings is 2. The highest BCUT2D eigenvalue weighted by Crippen LogP contribution is 2.34. The van der Waals surface area contributed by atoms with Crippen molar-refractivity contribution in [2.75, 3.05) is 19.6 Å². The minimum atomic E-state index is -0.735. The Morgan fingerprint density at radius 1 is 1.04 bits per heavy atom. The van der Waals surface area contributed by atoms with E-state index in [2.05, 4.69) is 42.2 Å². The Morgan fingerprint density at radius 3 is 2.58 bits per heavy atom. The molecule has 0 aromatic heterocycles. The van der Waals surface area contributed by atoms with E-state index in [-0.39, 0.29) is 0 Å². The molecule has 1 aliphatic carbocycles. The molecule has 4 rings (SSSR count). The van der Waals surface area contributed by atoms with Crippen LogP contribution < -0.4 is 0 Å². The van der Waals surface area contributed by atoms with Crippen LogP contribution in [-0.4, -0.2) is 34.7 Å². The van der Waals surface area contributed by atoms with Crippen LogP contribution in [0.15, 0.2) is 42.5 Å². The second-order valence-corrected chi connectivity index (χ2v) is 8.10. The predicted molar refractivity (Wildman–Crippen MR) is 104 cm³/mol. The molecular formula is C23H29NO2. The minimum absolute atomic E-state index is 0.453. The lowest BCUT2D eigenvalue weighted by molar-refractivity contribution is -0.0345. The van der Waals surface area contributed by atoms with E-state index in [0.717, 1.165) is 30.6 Å². The maximum atomic E-state index is 11.1. The summed E-state index contributed by atoms with van der Waals surface area (Å²) in [5, 5.41) is 21.7. The topological polar surface area (TPSA) is 43.7 Å². The van der Waals surface area contributed by atoms with E-state index in [0.29, 0.717) is 19.4 Å². The van der Waals surface area contributed by atoms with Crippen molar-refractivity contribution in [1.29, 1.82) is 0 Å². The number of likely N-dealkylation sites (tertiary alicyclic amines) is 1. The van der Waals surface area contributed by atoms with Crippen LogP contribution in [0, 0.1) is 6.92 Å². The smallest absolute Gasteiger partial charge is 0.0921 e.